The monoisotopic (exact) mass is 707 g/mol. The van der Waals surface area contributed by atoms with Crippen molar-refractivity contribution in [1.82, 2.24) is 0 Å². The topological polar surface area (TPSA) is 36.9 Å². The summed E-state index contributed by atoms with van der Waals surface area (Å²) >= 11 is 0. The van der Waals surface area contributed by atoms with Crippen LogP contribution in [0.15, 0.2) is 30.3 Å². The first-order chi connectivity index (χ1) is 21.7. The predicted octanol–water partition coefficient (Wildman–Crippen LogP) is 12.6. The van der Waals surface area contributed by atoms with E-state index in [1.165, 1.54) is 36.5 Å². The molecular formula is C40H78O4Si3. The lowest BCUT2D eigenvalue weighted by Gasteiger charge is -2.48. The molecule has 1 saturated carbocycles. The third-order valence-electron chi connectivity index (χ3n) is 12.5. The summed E-state index contributed by atoms with van der Waals surface area (Å²) in [5, 5.41) is 0.381. The first kappa shape index (κ1) is 42.9. The lowest BCUT2D eigenvalue weighted by Crippen LogP contribution is -2.53. The molecule has 1 aliphatic rings. The first-order valence-electron chi connectivity index (χ1n) is 19.3. The van der Waals surface area contributed by atoms with Crippen molar-refractivity contribution < 1.29 is 18.0 Å². The third kappa shape index (κ3) is 13.1. The summed E-state index contributed by atoms with van der Waals surface area (Å²) in [5.41, 5.74) is 1.25. The van der Waals surface area contributed by atoms with Gasteiger partial charge < -0.3 is 18.0 Å². The Morgan fingerprint density at radius 3 is 1.79 bits per heavy atom. The van der Waals surface area contributed by atoms with Crippen LogP contribution in [0.2, 0.25) is 54.4 Å². The van der Waals surface area contributed by atoms with E-state index in [4.69, 9.17) is 18.0 Å². The molecule has 0 saturated heterocycles. The molecule has 0 aliphatic heterocycles. The second kappa shape index (κ2) is 18.3. The second-order valence-electron chi connectivity index (χ2n) is 18.3. The maximum absolute atomic E-state index is 7.34. The van der Waals surface area contributed by atoms with E-state index >= 15 is 0 Å². The maximum Gasteiger partial charge on any atom is 0.192 e. The minimum Gasteiger partial charge on any atom is -0.414 e. The van der Waals surface area contributed by atoms with Crippen LogP contribution in [0.25, 0.3) is 0 Å². The highest BCUT2D eigenvalue weighted by atomic mass is 28.4. The van der Waals surface area contributed by atoms with Crippen molar-refractivity contribution in [2.24, 2.45) is 17.8 Å². The Hall–Kier alpha value is -0.289. The fourth-order valence-corrected chi connectivity index (χ4v) is 12.4. The molecule has 0 spiro atoms. The molecule has 0 radical (unpaired) electrons. The van der Waals surface area contributed by atoms with E-state index in [1.54, 1.807) is 0 Å². The summed E-state index contributed by atoms with van der Waals surface area (Å²) in [6, 6.07) is 14.2. The van der Waals surface area contributed by atoms with E-state index in [9.17, 15) is 0 Å². The Labute approximate surface area is 296 Å². The van der Waals surface area contributed by atoms with Crippen LogP contribution < -0.4 is 0 Å². The van der Waals surface area contributed by atoms with Gasteiger partial charge in [0.05, 0.1) is 18.8 Å². The fourth-order valence-electron chi connectivity index (χ4n) is 6.71. The maximum atomic E-state index is 7.34. The van der Waals surface area contributed by atoms with Gasteiger partial charge in [-0.15, -0.1) is 0 Å². The zero-order valence-electron chi connectivity index (χ0n) is 33.8. The molecule has 1 aromatic rings. The molecule has 47 heavy (non-hydrogen) atoms. The number of benzene rings is 1. The smallest absolute Gasteiger partial charge is 0.192 e. The molecule has 1 fully saturated rings. The highest BCUT2D eigenvalue weighted by Gasteiger charge is 2.47. The van der Waals surface area contributed by atoms with Gasteiger partial charge in [0.2, 0.25) is 0 Å². The van der Waals surface area contributed by atoms with Gasteiger partial charge in [-0.1, -0.05) is 106 Å². The molecule has 0 unspecified atom stereocenters. The molecule has 0 N–H and O–H groups in total. The van der Waals surface area contributed by atoms with E-state index in [1.807, 2.05) is 0 Å². The Bertz CT molecular complexity index is 1000. The SMILES string of the molecule is CC[Si](CC)(CC)O[C@@H](CC[C@H](C)COCc1ccccc1)[C@H](C)C[C@@H]1CC[C@@H](O[Si](C)(C)C(C)(C)C)[C@H](O[Si](C)(C)C(C)(C)C)C1. The molecule has 2 rings (SSSR count). The van der Waals surface area contributed by atoms with Crippen LogP contribution in [0.4, 0.5) is 0 Å². The van der Waals surface area contributed by atoms with Gasteiger partial charge in [-0.25, -0.2) is 0 Å². The summed E-state index contributed by atoms with van der Waals surface area (Å²) in [5.74, 6) is 1.70. The van der Waals surface area contributed by atoms with Crippen molar-refractivity contribution in [1.29, 1.82) is 0 Å². The van der Waals surface area contributed by atoms with Gasteiger partial charge in [0.1, 0.15) is 0 Å². The molecule has 1 aromatic carbocycles. The molecule has 6 atom stereocenters. The number of hydrogen-bond donors (Lipinski definition) is 0. The van der Waals surface area contributed by atoms with Crippen LogP contribution in [0.1, 0.15) is 120 Å². The molecule has 1 aliphatic carbocycles. The lowest BCUT2D eigenvalue weighted by molar-refractivity contribution is -0.0178. The quantitative estimate of drug-likeness (QED) is 0.134. The van der Waals surface area contributed by atoms with Crippen molar-refractivity contribution >= 4 is 25.0 Å². The first-order valence-corrected chi connectivity index (χ1v) is 27.7. The molecule has 0 bridgehead atoms. The predicted molar refractivity (Wildman–Crippen MR) is 212 cm³/mol. The summed E-state index contributed by atoms with van der Waals surface area (Å²) in [4.78, 5) is 0. The normalized spacial score (nSPS) is 22.2. The minimum absolute atomic E-state index is 0.184. The summed E-state index contributed by atoms with van der Waals surface area (Å²) < 4.78 is 27.9. The van der Waals surface area contributed by atoms with Crippen LogP contribution in [-0.4, -0.2) is 49.9 Å². The van der Waals surface area contributed by atoms with Gasteiger partial charge in [0.15, 0.2) is 25.0 Å². The van der Waals surface area contributed by atoms with Crippen molar-refractivity contribution in [3.8, 4) is 0 Å². The molecule has 0 heterocycles. The Morgan fingerprint density at radius 1 is 0.745 bits per heavy atom. The second-order valence-corrected chi connectivity index (χ2v) is 32.5. The zero-order chi connectivity index (χ0) is 35.7. The minimum atomic E-state index is -1.95. The Morgan fingerprint density at radius 2 is 1.28 bits per heavy atom. The molecule has 0 amide bonds. The average molecular weight is 707 g/mol. The van der Waals surface area contributed by atoms with Crippen LogP contribution in [0.3, 0.4) is 0 Å². The van der Waals surface area contributed by atoms with E-state index in [0.717, 1.165) is 32.3 Å². The Balaban J connectivity index is 2.18. The van der Waals surface area contributed by atoms with Gasteiger partial charge in [0, 0.05) is 12.7 Å². The van der Waals surface area contributed by atoms with E-state index in [-0.39, 0.29) is 22.3 Å². The number of ether oxygens (including phenoxy) is 1. The largest absolute Gasteiger partial charge is 0.414 e. The summed E-state index contributed by atoms with van der Waals surface area (Å²) in [6.45, 7) is 37.3. The summed E-state index contributed by atoms with van der Waals surface area (Å²) in [6.07, 6.45) is 7.67. The van der Waals surface area contributed by atoms with Gasteiger partial charge in [-0.05, 0) is 116 Å². The number of hydrogen-bond acceptors (Lipinski definition) is 4. The van der Waals surface area contributed by atoms with E-state index < -0.39 is 25.0 Å². The molecule has 4 nitrogen and oxygen atoms in total. The molecule has 0 aromatic heterocycles. The van der Waals surface area contributed by atoms with Crippen LogP contribution >= 0.6 is 0 Å². The van der Waals surface area contributed by atoms with Crippen LogP contribution in [0, 0.1) is 17.8 Å². The third-order valence-corrected chi connectivity index (χ3v) is 26.2. The highest BCUT2D eigenvalue weighted by Crippen LogP contribution is 2.45. The van der Waals surface area contributed by atoms with E-state index in [0.29, 0.717) is 30.5 Å². The van der Waals surface area contributed by atoms with Crippen molar-refractivity contribution in [2.45, 2.75) is 194 Å². The van der Waals surface area contributed by atoms with Gasteiger partial charge in [0.25, 0.3) is 0 Å². The van der Waals surface area contributed by atoms with Gasteiger partial charge in [-0.3, -0.25) is 0 Å². The van der Waals surface area contributed by atoms with Crippen LogP contribution in [0.5, 0.6) is 0 Å². The Kier molecular flexibility index (Phi) is 16.7. The molecule has 7 heteroatoms. The standard InChI is InChI=1S/C40H78O4Si3/c1-16-47(17-2,18-3)44-36(26-24-32(4)30-41-31-34-22-20-19-21-23-34)33(5)28-35-25-27-37(42-45(12,13)39(6,7)8)38(29-35)43-46(14,15)40(9,10)11/h19-23,32-33,35-38H,16-18,24-31H2,1-15H3/t32-,33+,35-,36-,37+,38+/m0/s1. The average Bonchev–Trinajstić information content (AvgIpc) is 2.98. The van der Waals surface area contributed by atoms with Crippen molar-refractivity contribution in [2.75, 3.05) is 6.61 Å². The zero-order valence-corrected chi connectivity index (χ0v) is 36.8. The lowest BCUT2D eigenvalue weighted by atomic mass is 9.79. The highest BCUT2D eigenvalue weighted by molar-refractivity contribution is 6.75. The molecular weight excluding hydrogens is 629 g/mol. The summed E-state index contributed by atoms with van der Waals surface area (Å²) in [7, 11) is -5.59. The van der Waals surface area contributed by atoms with Gasteiger partial charge in [-0.2, -0.15) is 0 Å². The van der Waals surface area contributed by atoms with Crippen LogP contribution in [-0.2, 0) is 24.6 Å². The van der Waals surface area contributed by atoms with Gasteiger partial charge >= 0.3 is 0 Å². The van der Waals surface area contributed by atoms with E-state index in [2.05, 4.69) is 133 Å². The number of rotatable bonds is 19. The van der Waals surface area contributed by atoms with Crippen molar-refractivity contribution in [3.63, 3.8) is 0 Å². The van der Waals surface area contributed by atoms with Crippen molar-refractivity contribution in [3.05, 3.63) is 35.9 Å². The molecule has 274 valence electrons. The fraction of sp³-hybridized carbons (Fsp3) is 0.850.